The number of benzene rings is 1. The summed E-state index contributed by atoms with van der Waals surface area (Å²) in [7, 11) is -0.854. The number of alkyl halides is 3. The van der Waals surface area contributed by atoms with E-state index < -0.39 is 19.5 Å². The summed E-state index contributed by atoms with van der Waals surface area (Å²) >= 11 is 0. The molecule has 0 amide bonds. The predicted octanol–water partition coefficient (Wildman–Crippen LogP) is 4.36. The smallest absolute Gasteiger partial charge is 0.300 e. The molecule has 0 aliphatic rings. The van der Waals surface area contributed by atoms with Crippen LogP contribution in [0.15, 0.2) is 24.3 Å². The molecular formula is C14H21F3NO3P. The second-order valence-corrected chi connectivity index (χ2v) is 7.02. The van der Waals surface area contributed by atoms with Crippen molar-refractivity contribution in [3.8, 4) is 0 Å². The molecule has 1 aromatic rings. The normalized spacial score (nSPS) is 14.4. The van der Waals surface area contributed by atoms with Crippen molar-refractivity contribution in [2.45, 2.75) is 32.5 Å². The Morgan fingerprint density at radius 1 is 1.27 bits per heavy atom. The fraction of sp³-hybridized carbons (Fsp3) is 0.571. The van der Waals surface area contributed by atoms with Crippen LogP contribution < -0.4 is 0 Å². The first kappa shape index (κ1) is 19.2. The van der Waals surface area contributed by atoms with Crippen molar-refractivity contribution in [1.82, 2.24) is 4.67 Å². The van der Waals surface area contributed by atoms with E-state index in [0.29, 0.717) is 18.5 Å². The molecule has 0 aromatic heterocycles. The van der Waals surface area contributed by atoms with E-state index in [2.05, 4.69) is 0 Å². The minimum atomic E-state index is -4.38. The maximum atomic E-state index is 12.7. The first-order chi connectivity index (χ1) is 10.2. The molecule has 0 bridgehead atoms. The van der Waals surface area contributed by atoms with Crippen LogP contribution in [0.3, 0.4) is 0 Å². The summed E-state index contributed by atoms with van der Waals surface area (Å²) in [6, 6.07) is 4.81. The average molecular weight is 339 g/mol. The molecule has 1 unspecified atom stereocenters. The van der Waals surface area contributed by atoms with Gasteiger partial charge in [0.05, 0.1) is 5.56 Å². The van der Waals surface area contributed by atoms with Crippen LogP contribution in [0, 0.1) is 0 Å². The van der Waals surface area contributed by atoms with Crippen molar-refractivity contribution in [2.24, 2.45) is 0 Å². The lowest BCUT2D eigenvalue weighted by Gasteiger charge is -2.32. The molecule has 0 saturated carbocycles. The average Bonchev–Trinajstić information content (AvgIpc) is 2.47. The molecule has 126 valence electrons. The van der Waals surface area contributed by atoms with Gasteiger partial charge in [0.15, 0.2) is 0 Å². The maximum Gasteiger partial charge on any atom is 0.416 e. The molecule has 0 aliphatic heterocycles. The van der Waals surface area contributed by atoms with E-state index in [1.807, 2.05) is 0 Å². The maximum absolute atomic E-state index is 12.7. The summed E-state index contributed by atoms with van der Waals surface area (Å²) in [5.74, 6) is 0. The minimum Gasteiger partial charge on any atom is -0.300 e. The van der Waals surface area contributed by atoms with E-state index >= 15 is 0 Å². The molecule has 22 heavy (non-hydrogen) atoms. The molecular weight excluding hydrogens is 318 g/mol. The molecule has 1 aromatic carbocycles. The van der Waals surface area contributed by atoms with E-state index in [0.717, 1.165) is 12.1 Å². The van der Waals surface area contributed by atoms with Gasteiger partial charge in [0.25, 0.3) is 0 Å². The monoisotopic (exact) mass is 339 g/mol. The van der Waals surface area contributed by atoms with Gasteiger partial charge in [0.1, 0.15) is 0 Å². The van der Waals surface area contributed by atoms with Crippen molar-refractivity contribution < 1.29 is 26.8 Å². The number of nitrogens with zero attached hydrogens (tertiary/aromatic N) is 1. The summed E-state index contributed by atoms with van der Waals surface area (Å²) in [5.41, 5.74) is -0.179. The van der Waals surface area contributed by atoms with E-state index in [1.54, 1.807) is 19.9 Å². The number of hydrogen-bond donors (Lipinski definition) is 0. The SMILES string of the molecule is CCN(C(C)Cc1cccc(C(F)(F)F)c1)P(=O)(OC)OC. The molecule has 0 radical (unpaired) electrons. The van der Waals surface area contributed by atoms with Crippen molar-refractivity contribution in [1.29, 1.82) is 0 Å². The summed E-state index contributed by atoms with van der Waals surface area (Å²) < 4.78 is 62.1. The Kier molecular flexibility index (Phi) is 6.62. The Bertz CT molecular complexity index is 528. The highest BCUT2D eigenvalue weighted by atomic mass is 31.2. The van der Waals surface area contributed by atoms with Crippen molar-refractivity contribution in [3.63, 3.8) is 0 Å². The third-order valence-electron chi connectivity index (χ3n) is 3.39. The Morgan fingerprint density at radius 3 is 2.32 bits per heavy atom. The minimum absolute atomic E-state index is 0.300. The molecule has 8 heteroatoms. The summed E-state index contributed by atoms with van der Waals surface area (Å²) in [4.78, 5) is 0. The zero-order chi connectivity index (χ0) is 17.0. The number of rotatable bonds is 7. The van der Waals surface area contributed by atoms with Crippen LogP contribution in [0.5, 0.6) is 0 Å². The van der Waals surface area contributed by atoms with E-state index in [9.17, 15) is 17.7 Å². The highest BCUT2D eigenvalue weighted by Gasteiger charge is 2.34. The summed E-state index contributed by atoms with van der Waals surface area (Å²) in [5, 5.41) is 0. The van der Waals surface area contributed by atoms with Gasteiger partial charge in [-0.15, -0.1) is 0 Å². The molecule has 0 fully saturated rings. The van der Waals surface area contributed by atoms with Crippen molar-refractivity contribution in [2.75, 3.05) is 20.8 Å². The Labute approximate surface area is 128 Å². The fourth-order valence-electron chi connectivity index (χ4n) is 2.33. The third kappa shape index (κ3) is 4.56. The lowest BCUT2D eigenvalue weighted by molar-refractivity contribution is -0.137. The first-order valence-electron chi connectivity index (χ1n) is 6.82. The van der Waals surface area contributed by atoms with Gasteiger partial charge in [-0.25, -0.2) is 9.24 Å². The van der Waals surface area contributed by atoms with Gasteiger partial charge >= 0.3 is 13.9 Å². The number of likely N-dealkylation sites (N-methyl/N-ethyl adjacent to an activating group) is 1. The zero-order valence-electron chi connectivity index (χ0n) is 13.1. The Balaban J connectivity index is 2.96. The van der Waals surface area contributed by atoms with Crippen LogP contribution in [0.25, 0.3) is 0 Å². The number of hydrogen-bond acceptors (Lipinski definition) is 3. The standard InChI is InChI=1S/C14H21F3NO3P/c1-5-18(22(19,20-3)21-4)11(2)9-12-7-6-8-13(10-12)14(15,16)17/h6-8,10-11H,5,9H2,1-4H3. The van der Waals surface area contributed by atoms with E-state index in [1.165, 1.54) is 25.0 Å². The molecule has 1 atom stereocenters. The van der Waals surface area contributed by atoms with Crippen LogP contribution in [0.1, 0.15) is 25.0 Å². The van der Waals surface area contributed by atoms with Crippen LogP contribution in [-0.4, -0.2) is 31.5 Å². The van der Waals surface area contributed by atoms with Gasteiger partial charge in [0, 0.05) is 26.8 Å². The van der Waals surface area contributed by atoms with Crippen LogP contribution >= 0.6 is 7.75 Å². The molecule has 0 heterocycles. The Hall–Kier alpha value is -0.880. The lowest BCUT2D eigenvalue weighted by atomic mass is 10.0. The van der Waals surface area contributed by atoms with E-state index in [-0.39, 0.29) is 6.04 Å². The second-order valence-electron chi connectivity index (χ2n) is 4.84. The van der Waals surface area contributed by atoms with Gasteiger partial charge < -0.3 is 0 Å². The van der Waals surface area contributed by atoms with E-state index in [4.69, 9.17) is 9.05 Å². The largest absolute Gasteiger partial charge is 0.416 e. The summed E-state index contributed by atoms with van der Waals surface area (Å²) in [6.45, 7) is 3.95. The molecule has 1 rings (SSSR count). The highest BCUT2D eigenvalue weighted by Crippen LogP contribution is 2.51. The molecule has 0 aliphatic carbocycles. The van der Waals surface area contributed by atoms with Gasteiger partial charge in [-0.1, -0.05) is 25.1 Å². The molecule has 0 spiro atoms. The van der Waals surface area contributed by atoms with Crippen LogP contribution in [0.4, 0.5) is 13.2 Å². The predicted molar refractivity (Wildman–Crippen MR) is 78.6 cm³/mol. The molecule has 0 N–H and O–H groups in total. The van der Waals surface area contributed by atoms with Gasteiger partial charge in [-0.05, 0) is 25.0 Å². The fourth-order valence-corrected chi connectivity index (χ4v) is 3.81. The van der Waals surface area contributed by atoms with Crippen molar-refractivity contribution in [3.05, 3.63) is 35.4 Å². The van der Waals surface area contributed by atoms with Gasteiger partial charge in [-0.3, -0.25) is 9.05 Å². The highest BCUT2D eigenvalue weighted by molar-refractivity contribution is 7.51. The molecule has 4 nitrogen and oxygen atoms in total. The van der Waals surface area contributed by atoms with Gasteiger partial charge in [-0.2, -0.15) is 13.2 Å². The second kappa shape index (κ2) is 7.59. The third-order valence-corrected chi connectivity index (χ3v) is 5.62. The number of halogens is 3. The topological polar surface area (TPSA) is 38.8 Å². The Morgan fingerprint density at radius 2 is 1.86 bits per heavy atom. The molecule has 0 saturated heterocycles. The first-order valence-corrected chi connectivity index (χ1v) is 8.32. The quantitative estimate of drug-likeness (QED) is 0.692. The van der Waals surface area contributed by atoms with Crippen molar-refractivity contribution >= 4 is 7.75 Å². The zero-order valence-corrected chi connectivity index (χ0v) is 13.9. The van der Waals surface area contributed by atoms with Crippen LogP contribution in [0.2, 0.25) is 0 Å². The lowest BCUT2D eigenvalue weighted by Crippen LogP contribution is -2.32. The van der Waals surface area contributed by atoms with Gasteiger partial charge in [0.2, 0.25) is 0 Å². The summed E-state index contributed by atoms with van der Waals surface area (Å²) in [6.07, 6.45) is -4.08. The van der Waals surface area contributed by atoms with Crippen LogP contribution in [-0.2, 0) is 26.2 Å².